The molecule has 0 aliphatic carbocycles. The van der Waals surface area contributed by atoms with E-state index in [1.807, 2.05) is 12.1 Å². The SMILES string of the molecule is CCCCc1ccc(NS(=O)(=O)c2ccc(Cl)c(C(=O)Nc3ccccn3)c2)cc1. The molecule has 0 spiro atoms. The van der Waals surface area contributed by atoms with Gasteiger partial charge < -0.3 is 5.32 Å². The molecule has 0 atom stereocenters. The number of amides is 1. The molecule has 2 aromatic carbocycles. The van der Waals surface area contributed by atoms with Crippen molar-refractivity contribution in [2.45, 2.75) is 31.1 Å². The Hall–Kier alpha value is -2.90. The van der Waals surface area contributed by atoms with E-state index in [9.17, 15) is 13.2 Å². The van der Waals surface area contributed by atoms with Crippen LogP contribution in [0.3, 0.4) is 0 Å². The Bertz CT molecular complexity index is 1120. The van der Waals surface area contributed by atoms with E-state index in [1.54, 1.807) is 30.3 Å². The maximum atomic E-state index is 12.8. The number of sulfonamides is 1. The quantitative estimate of drug-likeness (QED) is 0.505. The van der Waals surface area contributed by atoms with Crippen LogP contribution in [0.4, 0.5) is 11.5 Å². The summed E-state index contributed by atoms with van der Waals surface area (Å²) >= 11 is 6.13. The highest BCUT2D eigenvalue weighted by molar-refractivity contribution is 7.92. The summed E-state index contributed by atoms with van der Waals surface area (Å²) in [5, 5.41) is 2.74. The van der Waals surface area contributed by atoms with Crippen LogP contribution in [0.1, 0.15) is 35.7 Å². The molecule has 0 bridgehead atoms. The van der Waals surface area contributed by atoms with Crippen molar-refractivity contribution in [2.75, 3.05) is 10.0 Å². The number of hydrogen-bond acceptors (Lipinski definition) is 4. The maximum Gasteiger partial charge on any atom is 0.261 e. The first kappa shape index (κ1) is 21.8. The van der Waals surface area contributed by atoms with Crippen molar-refractivity contribution in [3.63, 3.8) is 0 Å². The van der Waals surface area contributed by atoms with Gasteiger partial charge in [0.1, 0.15) is 5.82 Å². The lowest BCUT2D eigenvalue weighted by Crippen LogP contribution is -2.17. The fraction of sp³-hybridized carbons (Fsp3) is 0.182. The summed E-state index contributed by atoms with van der Waals surface area (Å²) in [7, 11) is -3.89. The van der Waals surface area contributed by atoms with Gasteiger partial charge in [-0.3, -0.25) is 9.52 Å². The Morgan fingerprint density at radius 1 is 1.07 bits per heavy atom. The average molecular weight is 444 g/mol. The van der Waals surface area contributed by atoms with E-state index in [2.05, 4.69) is 21.9 Å². The Morgan fingerprint density at radius 2 is 1.83 bits per heavy atom. The largest absolute Gasteiger partial charge is 0.307 e. The van der Waals surface area contributed by atoms with Crippen molar-refractivity contribution in [3.8, 4) is 0 Å². The predicted octanol–water partition coefficient (Wildman–Crippen LogP) is 5.13. The summed E-state index contributed by atoms with van der Waals surface area (Å²) < 4.78 is 28.1. The number of aryl methyl sites for hydroxylation is 1. The molecule has 0 fully saturated rings. The number of pyridine rings is 1. The highest BCUT2D eigenvalue weighted by Gasteiger charge is 2.19. The van der Waals surface area contributed by atoms with Crippen LogP contribution in [-0.2, 0) is 16.4 Å². The third kappa shape index (κ3) is 5.58. The van der Waals surface area contributed by atoms with Gasteiger partial charge in [0, 0.05) is 11.9 Å². The third-order valence-electron chi connectivity index (χ3n) is 4.42. The van der Waals surface area contributed by atoms with Crippen LogP contribution in [-0.4, -0.2) is 19.3 Å². The fourth-order valence-electron chi connectivity index (χ4n) is 2.80. The first-order valence-electron chi connectivity index (χ1n) is 9.53. The Labute approximate surface area is 181 Å². The number of benzene rings is 2. The molecule has 1 aromatic heterocycles. The lowest BCUT2D eigenvalue weighted by molar-refractivity contribution is 0.102. The molecular formula is C22H22ClN3O3S. The highest BCUT2D eigenvalue weighted by atomic mass is 35.5. The van der Waals surface area contributed by atoms with Crippen molar-refractivity contribution in [3.05, 3.63) is 83.0 Å². The molecule has 0 aliphatic rings. The van der Waals surface area contributed by atoms with Gasteiger partial charge in [-0.25, -0.2) is 13.4 Å². The summed E-state index contributed by atoms with van der Waals surface area (Å²) in [6.07, 6.45) is 4.67. The van der Waals surface area contributed by atoms with Gasteiger partial charge in [-0.15, -0.1) is 0 Å². The number of carbonyl (C=O) groups is 1. The van der Waals surface area contributed by atoms with Gasteiger partial charge in [-0.05, 0) is 60.9 Å². The summed E-state index contributed by atoms with van der Waals surface area (Å²) in [4.78, 5) is 16.5. The molecule has 0 aliphatic heterocycles. The van der Waals surface area contributed by atoms with E-state index >= 15 is 0 Å². The second-order valence-electron chi connectivity index (χ2n) is 6.72. The molecule has 156 valence electrons. The Kier molecular flexibility index (Phi) is 7.07. The summed E-state index contributed by atoms with van der Waals surface area (Å²) in [5.74, 6) is -0.204. The van der Waals surface area contributed by atoms with Crippen molar-refractivity contribution >= 4 is 39.0 Å². The van der Waals surface area contributed by atoms with Crippen molar-refractivity contribution in [2.24, 2.45) is 0 Å². The number of nitrogens with zero attached hydrogens (tertiary/aromatic N) is 1. The lowest BCUT2D eigenvalue weighted by atomic mass is 10.1. The van der Waals surface area contributed by atoms with E-state index in [0.29, 0.717) is 11.5 Å². The number of carbonyl (C=O) groups excluding carboxylic acids is 1. The maximum absolute atomic E-state index is 12.8. The molecule has 30 heavy (non-hydrogen) atoms. The van der Waals surface area contributed by atoms with Gasteiger partial charge >= 0.3 is 0 Å². The standard InChI is InChI=1S/C22H22ClN3O3S/c1-2-3-6-16-8-10-17(11-9-16)26-30(28,29)18-12-13-20(23)19(15-18)22(27)25-21-7-4-5-14-24-21/h4-5,7-15,26H,2-3,6H2,1H3,(H,24,25,27). The smallest absolute Gasteiger partial charge is 0.261 e. The summed E-state index contributed by atoms with van der Waals surface area (Å²) in [5.41, 5.74) is 1.64. The zero-order valence-corrected chi connectivity index (χ0v) is 18.0. The van der Waals surface area contributed by atoms with E-state index in [0.717, 1.165) is 24.8 Å². The van der Waals surface area contributed by atoms with Gasteiger partial charge in [-0.2, -0.15) is 0 Å². The lowest BCUT2D eigenvalue weighted by Gasteiger charge is -2.11. The number of unbranched alkanes of at least 4 members (excludes halogenated alkanes) is 1. The van der Waals surface area contributed by atoms with Crippen LogP contribution in [0, 0.1) is 0 Å². The first-order chi connectivity index (χ1) is 14.4. The van der Waals surface area contributed by atoms with E-state index < -0.39 is 15.9 Å². The fourth-order valence-corrected chi connectivity index (χ4v) is 4.09. The van der Waals surface area contributed by atoms with Crippen molar-refractivity contribution in [1.82, 2.24) is 4.98 Å². The average Bonchev–Trinajstić information content (AvgIpc) is 2.74. The minimum atomic E-state index is -3.89. The van der Waals surface area contributed by atoms with E-state index in [-0.39, 0.29) is 15.5 Å². The number of anilines is 2. The predicted molar refractivity (Wildman–Crippen MR) is 120 cm³/mol. The zero-order chi connectivity index (χ0) is 21.6. The topological polar surface area (TPSA) is 88.2 Å². The monoisotopic (exact) mass is 443 g/mol. The molecule has 6 nitrogen and oxygen atoms in total. The molecule has 0 radical (unpaired) electrons. The van der Waals surface area contributed by atoms with E-state index in [4.69, 9.17) is 11.6 Å². The Balaban J connectivity index is 1.79. The normalized spacial score (nSPS) is 11.1. The number of rotatable bonds is 8. The van der Waals surface area contributed by atoms with Crippen molar-refractivity contribution in [1.29, 1.82) is 0 Å². The summed E-state index contributed by atoms with van der Waals surface area (Å²) in [6.45, 7) is 2.12. The van der Waals surface area contributed by atoms with Gasteiger partial charge in [0.15, 0.2) is 0 Å². The molecule has 3 aromatic rings. The molecule has 0 saturated carbocycles. The first-order valence-corrected chi connectivity index (χ1v) is 11.4. The van der Waals surface area contributed by atoms with Crippen LogP contribution < -0.4 is 10.0 Å². The molecule has 1 amide bonds. The van der Waals surface area contributed by atoms with Gasteiger partial charge in [0.25, 0.3) is 15.9 Å². The second kappa shape index (κ2) is 9.73. The molecule has 8 heteroatoms. The Morgan fingerprint density at radius 3 is 2.50 bits per heavy atom. The molecule has 2 N–H and O–H groups in total. The number of hydrogen-bond donors (Lipinski definition) is 2. The third-order valence-corrected chi connectivity index (χ3v) is 6.13. The van der Waals surface area contributed by atoms with Crippen LogP contribution in [0.25, 0.3) is 0 Å². The van der Waals surface area contributed by atoms with E-state index in [1.165, 1.54) is 24.4 Å². The minimum Gasteiger partial charge on any atom is -0.307 e. The molecule has 1 heterocycles. The minimum absolute atomic E-state index is 0.0418. The van der Waals surface area contributed by atoms with Gasteiger partial charge in [-0.1, -0.05) is 43.1 Å². The van der Waals surface area contributed by atoms with Crippen LogP contribution in [0.2, 0.25) is 5.02 Å². The van der Waals surface area contributed by atoms with Gasteiger partial charge in [0.2, 0.25) is 0 Å². The van der Waals surface area contributed by atoms with Crippen molar-refractivity contribution < 1.29 is 13.2 Å². The number of halogens is 1. The van der Waals surface area contributed by atoms with Crippen LogP contribution in [0.15, 0.2) is 71.8 Å². The highest BCUT2D eigenvalue weighted by Crippen LogP contribution is 2.24. The molecule has 3 rings (SSSR count). The van der Waals surface area contributed by atoms with Crippen LogP contribution in [0.5, 0.6) is 0 Å². The second-order valence-corrected chi connectivity index (χ2v) is 8.81. The molecule has 0 saturated heterocycles. The number of nitrogens with one attached hydrogen (secondary N) is 2. The number of aromatic nitrogens is 1. The molecular weight excluding hydrogens is 422 g/mol. The summed E-state index contributed by atoms with van der Waals surface area (Å²) in [6, 6.07) is 16.3. The zero-order valence-electron chi connectivity index (χ0n) is 16.4. The van der Waals surface area contributed by atoms with Crippen LogP contribution >= 0.6 is 11.6 Å². The van der Waals surface area contributed by atoms with Gasteiger partial charge in [0.05, 0.1) is 15.5 Å². The molecule has 0 unspecified atom stereocenters.